The van der Waals surface area contributed by atoms with Gasteiger partial charge in [0.2, 0.25) is 0 Å². The van der Waals surface area contributed by atoms with Crippen molar-refractivity contribution in [3.63, 3.8) is 0 Å². The Labute approximate surface area is 103 Å². The molecule has 0 bridgehead atoms. The fraction of sp³-hybridized carbons (Fsp3) is 0.222. The first-order chi connectivity index (χ1) is 5.18. The monoisotopic (exact) mass is 258 g/mol. The molecule has 1 unspecified atom stereocenters. The fourth-order valence-corrected chi connectivity index (χ4v) is 1.02. The van der Waals surface area contributed by atoms with E-state index in [0.29, 0.717) is 11.4 Å². The van der Waals surface area contributed by atoms with E-state index in [1.165, 1.54) is 0 Å². The Hall–Kier alpha value is 0.574. The van der Waals surface area contributed by atoms with Crippen molar-refractivity contribution in [3.05, 3.63) is 41.8 Å². The summed E-state index contributed by atoms with van der Waals surface area (Å²) in [5.74, 6) is 0. The topological polar surface area (TPSA) is 20.2 Å². The molecular formula is C9H10ClOY-. The minimum Gasteiger partial charge on any atom is -0.425 e. The third-order valence-corrected chi connectivity index (χ3v) is 1.64. The van der Waals surface area contributed by atoms with Gasteiger partial charge in [-0.2, -0.15) is 0 Å². The molecule has 0 heterocycles. The third kappa shape index (κ3) is 4.56. The van der Waals surface area contributed by atoms with E-state index in [-0.39, 0.29) is 32.7 Å². The first kappa shape index (κ1) is 12.6. The van der Waals surface area contributed by atoms with Crippen LogP contribution >= 0.6 is 11.6 Å². The van der Waals surface area contributed by atoms with Crippen molar-refractivity contribution in [1.29, 1.82) is 0 Å². The van der Waals surface area contributed by atoms with E-state index in [9.17, 15) is 0 Å². The Morgan fingerprint density at radius 2 is 1.83 bits per heavy atom. The summed E-state index contributed by atoms with van der Waals surface area (Å²) in [6.07, 6.45) is 0.0492. The average molecular weight is 259 g/mol. The van der Waals surface area contributed by atoms with Gasteiger partial charge in [-0.1, -0.05) is 29.8 Å². The standard InChI is InChI=1S/C9H10ClO.Y/c1-7(11)6-8-2-4-9(10)5-3-8;/h2-5,7,11H,1,6H2;/q-1;. The summed E-state index contributed by atoms with van der Waals surface area (Å²) in [5.41, 5.74) is 1.05. The Kier molecular flexibility index (Phi) is 6.38. The van der Waals surface area contributed by atoms with Crippen LogP contribution in [0.5, 0.6) is 0 Å². The van der Waals surface area contributed by atoms with Crippen molar-refractivity contribution in [1.82, 2.24) is 0 Å². The first-order valence-electron chi connectivity index (χ1n) is 3.44. The summed E-state index contributed by atoms with van der Waals surface area (Å²) in [7, 11) is 0. The van der Waals surface area contributed by atoms with E-state index in [2.05, 4.69) is 6.92 Å². The largest absolute Gasteiger partial charge is 0.425 e. The number of halogens is 1. The second-order valence-electron chi connectivity index (χ2n) is 2.48. The summed E-state index contributed by atoms with van der Waals surface area (Å²) >= 11 is 5.67. The zero-order chi connectivity index (χ0) is 8.27. The minimum absolute atomic E-state index is 0. The van der Waals surface area contributed by atoms with Gasteiger partial charge in [-0.05, 0) is 24.1 Å². The molecule has 1 aromatic rings. The van der Waals surface area contributed by atoms with Crippen LogP contribution in [0.4, 0.5) is 0 Å². The van der Waals surface area contributed by atoms with E-state index in [1.807, 2.05) is 12.1 Å². The molecule has 0 fully saturated rings. The maximum Gasteiger partial charge on any atom is 0.0406 e. The first-order valence-corrected chi connectivity index (χ1v) is 3.82. The second-order valence-corrected chi connectivity index (χ2v) is 2.92. The van der Waals surface area contributed by atoms with Crippen molar-refractivity contribution < 1.29 is 37.8 Å². The molecular weight excluding hydrogens is 248 g/mol. The second kappa shape index (κ2) is 6.09. The molecule has 0 aromatic heterocycles. The molecule has 1 nitrogen and oxygen atoms in total. The van der Waals surface area contributed by atoms with Crippen molar-refractivity contribution in [2.24, 2.45) is 0 Å². The van der Waals surface area contributed by atoms with E-state index < -0.39 is 6.10 Å². The molecule has 3 heteroatoms. The summed E-state index contributed by atoms with van der Waals surface area (Å²) in [6.45, 7) is 3.48. The normalized spacial score (nSPS) is 11.9. The molecule has 63 valence electrons. The quantitative estimate of drug-likeness (QED) is 0.805. The van der Waals surface area contributed by atoms with Crippen LogP contribution in [0.1, 0.15) is 5.56 Å². The van der Waals surface area contributed by atoms with Crippen LogP contribution in [0.3, 0.4) is 0 Å². The van der Waals surface area contributed by atoms with Gasteiger partial charge < -0.3 is 12.0 Å². The number of aliphatic hydroxyl groups excluding tert-OH is 1. The maximum atomic E-state index is 8.93. The van der Waals surface area contributed by atoms with Gasteiger partial charge in [0.1, 0.15) is 0 Å². The zero-order valence-electron chi connectivity index (χ0n) is 6.70. The number of aliphatic hydroxyl groups is 1. The van der Waals surface area contributed by atoms with E-state index >= 15 is 0 Å². The van der Waals surface area contributed by atoms with E-state index in [1.54, 1.807) is 12.1 Å². The molecule has 1 radical (unpaired) electrons. The van der Waals surface area contributed by atoms with Crippen LogP contribution < -0.4 is 0 Å². The minimum atomic E-state index is -0.531. The van der Waals surface area contributed by atoms with Crippen LogP contribution in [0.25, 0.3) is 0 Å². The van der Waals surface area contributed by atoms with Gasteiger partial charge in [0.15, 0.2) is 0 Å². The smallest absolute Gasteiger partial charge is 0.0406 e. The molecule has 0 saturated heterocycles. The molecule has 0 saturated carbocycles. The zero-order valence-corrected chi connectivity index (χ0v) is 10.3. The molecule has 0 amide bonds. The van der Waals surface area contributed by atoms with Crippen molar-refractivity contribution in [2.75, 3.05) is 0 Å². The Balaban J connectivity index is 0.00000121. The van der Waals surface area contributed by atoms with Crippen LogP contribution in [-0.2, 0) is 39.1 Å². The van der Waals surface area contributed by atoms with E-state index in [0.717, 1.165) is 5.56 Å². The Bertz CT molecular complexity index is 220. The average Bonchev–Trinajstić information content (AvgIpc) is 1.93. The van der Waals surface area contributed by atoms with Gasteiger partial charge in [0.25, 0.3) is 0 Å². The van der Waals surface area contributed by atoms with Crippen molar-refractivity contribution in [3.8, 4) is 0 Å². The summed E-state index contributed by atoms with van der Waals surface area (Å²) in [6, 6.07) is 7.38. The van der Waals surface area contributed by atoms with Crippen LogP contribution in [0, 0.1) is 6.92 Å². The van der Waals surface area contributed by atoms with Crippen LogP contribution in [0.15, 0.2) is 24.3 Å². The number of benzene rings is 1. The number of hydrogen-bond acceptors (Lipinski definition) is 1. The molecule has 1 rings (SSSR count). The van der Waals surface area contributed by atoms with Gasteiger partial charge in [-0.3, -0.25) is 0 Å². The SMILES string of the molecule is [CH2-]C(O)Cc1ccc(Cl)cc1.[Y]. The number of hydrogen-bond donors (Lipinski definition) is 1. The predicted octanol–water partition coefficient (Wildman–Crippen LogP) is 2.07. The molecule has 0 spiro atoms. The summed E-state index contributed by atoms with van der Waals surface area (Å²) in [5, 5.41) is 9.65. The third-order valence-electron chi connectivity index (χ3n) is 1.38. The number of rotatable bonds is 2. The van der Waals surface area contributed by atoms with Gasteiger partial charge in [0, 0.05) is 37.7 Å². The van der Waals surface area contributed by atoms with E-state index in [4.69, 9.17) is 16.7 Å². The molecule has 12 heavy (non-hydrogen) atoms. The molecule has 1 aromatic carbocycles. The van der Waals surface area contributed by atoms with Crippen LogP contribution in [0.2, 0.25) is 5.02 Å². The Morgan fingerprint density at radius 3 is 2.25 bits per heavy atom. The maximum absolute atomic E-state index is 8.93. The molecule has 1 N–H and O–H groups in total. The van der Waals surface area contributed by atoms with Gasteiger partial charge in [0.05, 0.1) is 0 Å². The van der Waals surface area contributed by atoms with Crippen molar-refractivity contribution in [2.45, 2.75) is 12.5 Å². The Morgan fingerprint density at radius 1 is 1.33 bits per heavy atom. The summed E-state index contributed by atoms with van der Waals surface area (Å²) < 4.78 is 0. The van der Waals surface area contributed by atoms with Gasteiger partial charge in [-0.25, -0.2) is 0 Å². The van der Waals surface area contributed by atoms with Crippen molar-refractivity contribution >= 4 is 11.6 Å². The molecule has 0 aliphatic carbocycles. The summed E-state index contributed by atoms with van der Waals surface area (Å²) in [4.78, 5) is 0. The van der Waals surface area contributed by atoms with Crippen LogP contribution in [-0.4, -0.2) is 11.2 Å². The molecule has 0 aliphatic heterocycles. The molecule has 1 atom stereocenters. The molecule has 0 aliphatic rings. The van der Waals surface area contributed by atoms with Gasteiger partial charge in [-0.15, -0.1) is 0 Å². The predicted molar refractivity (Wildman–Crippen MR) is 46.5 cm³/mol. The fourth-order valence-electron chi connectivity index (χ4n) is 0.893. The van der Waals surface area contributed by atoms with Gasteiger partial charge >= 0.3 is 0 Å².